The van der Waals surface area contributed by atoms with E-state index >= 15 is 0 Å². The molecule has 1 aliphatic rings. The van der Waals surface area contributed by atoms with E-state index < -0.39 is 0 Å². The van der Waals surface area contributed by atoms with Crippen LogP contribution in [0.2, 0.25) is 0 Å². The first-order chi connectivity index (χ1) is 9.41. The number of rotatable bonds is 3. The molecule has 1 aliphatic heterocycles. The molecule has 1 fully saturated rings. The van der Waals surface area contributed by atoms with Crippen LogP contribution in [0.15, 0.2) is 24.3 Å². The predicted molar refractivity (Wildman–Crippen MR) is 77.7 cm³/mol. The van der Waals surface area contributed by atoms with Gasteiger partial charge in [0, 0.05) is 5.56 Å². The Labute approximate surface area is 119 Å². The van der Waals surface area contributed by atoms with Crippen LogP contribution in [0.1, 0.15) is 38.1 Å². The molecular weight excluding hydrogens is 254 g/mol. The molecule has 4 unspecified atom stereocenters. The second-order valence-corrected chi connectivity index (χ2v) is 5.52. The smallest absolute Gasteiger partial charge is 0.230 e. The molecule has 108 valence electrons. The van der Waals surface area contributed by atoms with Gasteiger partial charge >= 0.3 is 0 Å². The Bertz CT molecular complexity index is 526. The number of carbonyl (C=O) groups is 2. The molecule has 0 aliphatic carbocycles. The standard InChI is InChI=1S/C16H21NO3/c1-9-11(3)20-12(4)15(9)16(19)17-14-8-6-5-7-13(14)10(2)18/h5-9,11-12,15H,1-4H3,(H,17,19). The minimum absolute atomic E-state index is 0.0574. The molecule has 20 heavy (non-hydrogen) atoms. The lowest BCUT2D eigenvalue weighted by atomic mass is 9.88. The van der Waals surface area contributed by atoms with Gasteiger partial charge in [-0.1, -0.05) is 19.1 Å². The van der Waals surface area contributed by atoms with Crippen LogP contribution in [0.3, 0.4) is 0 Å². The highest BCUT2D eigenvalue weighted by molar-refractivity contribution is 6.04. The van der Waals surface area contributed by atoms with Gasteiger partial charge in [0.2, 0.25) is 5.91 Å². The van der Waals surface area contributed by atoms with Crippen molar-refractivity contribution in [2.24, 2.45) is 11.8 Å². The second kappa shape index (κ2) is 5.75. The summed E-state index contributed by atoms with van der Waals surface area (Å²) in [6.07, 6.45) is -0.0340. The molecule has 1 amide bonds. The molecule has 2 rings (SSSR count). The fourth-order valence-corrected chi connectivity index (χ4v) is 2.83. The maximum Gasteiger partial charge on any atom is 0.230 e. The fraction of sp³-hybridized carbons (Fsp3) is 0.500. The van der Waals surface area contributed by atoms with Crippen LogP contribution in [-0.2, 0) is 9.53 Å². The number of ketones is 1. The van der Waals surface area contributed by atoms with Crippen molar-refractivity contribution in [3.05, 3.63) is 29.8 Å². The molecule has 4 heteroatoms. The van der Waals surface area contributed by atoms with E-state index in [4.69, 9.17) is 4.74 Å². The summed E-state index contributed by atoms with van der Waals surface area (Å²) in [6.45, 7) is 7.42. The summed E-state index contributed by atoms with van der Waals surface area (Å²) in [6, 6.07) is 7.07. The minimum atomic E-state index is -0.190. The summed E-state index contributed by atoms with van der Waals surface area (Å²) < 4.78 is 5.69. The molecule has 0 radical (unpaired) electrons. The Morgan fingerprint density at radius 1 is 1.10 bits per heavy atom. The predicted octanol–water partition coefficient (Wildman–Crippen LogP) is 2.89. The molecule has 1 aromatic rings. The maximum atomic E-state index is 12.5. The lowest BCUT2D eigenvalue weighted by molar-refractivity contribution is -0.121. The van der Waals surface area contributed by atoms with Crippen molar-refractivity contribution >= 4 is 17.4 Å². The van der Waals surface area contributed by atoms with Crippen molar-refractivity contribution < 1.29 is 14.3 Å². The van der Waals surface area contributed by atoms with E-state index in [1.54, 1.807) is 18.2 Å². The zero-order valence-corrected chi connectivity index (χ0v) is 12.3. The lowest BCUT2D eigenvalue weighted by Gasteiger charge is -2.18. The number of amides is 1. The van der Waals surface area contributed by atoms with Crippen molar-refractivity contribution in [3.63, 3.8) is 0 Å². The number of Topliss-reactive ketones (excluding diaryl/α,β-unsaturated/α-hetero) is 1. The first kappa shape index (κ1) is 14.7. The van der Waals surface area contributed by atoms with Gasteiger partial charge in [-0.05, 0) is 38.8 Å². The van der Waals surface area contributed by atoms with Gasteiger partial charge in [0.05, 0.1) is 23.8 Å². The quantitative estimate of drug-likeness (QED) is 0.863. The third-order valence-electron chi connectivity index (χ3n) is 4.11. The van der Waals surface area contributed by atoms with E-state index in [-0.39, 0.29) is 35.7 Å². The molecule has 0 aromatic heterocycles. The van der Waals surface area contributed by atoms with Gasteiger partial charge in [-0.25, -0.2) is 0 Å². The van der Waals surface area contributed by atoms with E-state index in [9.17, 15) is 9.59 Å². The zero-order valence-electron chi connectivity index (χ0n) is 12.3. The SMILES string of the molecule is CC(=O)c1ccccc1NC(=O)C1C(C)OC(C)C1C. The highest BCUT2D eigenvalue weighted by Crippen LogP contribution is 2.33. The van der Waals surface area contributed by atoms with E-state index in [1.165, 1.54) is 6.92 Å². The van der Waals surface area contributed by atoms with Gasteiger partial charge in [-0.15, -0.1) is 0 Å². The largest absolute Gasteiger partial charge is 0.374 e. The van der Waals surface area contributed by atoms with Crippen molar-refractivity contribution in [1.82, 2.24) is 0 Å². The number of benzene rings is 1. The molecular formula is C16H21NO3. The highest BCUT2D eigenvalue weighted by Gasteiger charge is 2.41. The number of nitrogens with one attached hydrogen (secondary N) is 1. The van der Waals surface area contributed by atoms with Crippen molar-refractivity contribution in [2.45, 2.75) is 39.9 Å². The number of hydrogen-bond acceptors (Lipinski definition) is 3. The van der Waals surface area contributed by atoms with E-state index in [1.807, 2.05) is 26.8 Å². The topological polar surface area (TPSA) is 55.4 Å². The minimum Gasteiger partial charge on any atom is -0.374 e. The molecule has 4 atom stereocenters. The molecule has 1 saturated heterocycles. The first-order valence-electron chi connectivity index (χ1n) is 6.98. The Morgan fingerprint density at radius 2 is 1.75 bits per heavy atom. The van der Waals surface area contributed by atoms with Crippen LogP contribution in [-0.4, -0.2) is 23.9 Å². The monoisotopic (exact) mass is 275 g/mol. The first-order valence-corrected chi connectivity index (χ1v) is 6.98. The van der Waals surface area contributed by atoms with Crippen molar-refractivity contribution in [2.75, 3.05) is 5.32 Å². The van der Waals surface area contributed by atoms with Crippen LogP contribution in [0.25, 0.3) is 0 Å². The van der Waals surface area contributed by atoms with Crippen LogP contribution < -0.4 is 5.32 Å². The van der Waals surface area contributed by atoms with Crippen molar-refractivity contribution in [1.29, 1.82) is 0 Å². The summed E-state index contributed by atoms with van der Waals surface area (Å²) in [7, 11) is 0. The van der Waals surface area contributed by atoms with Gasteiger partial charge in [0.15, 0.2) is 5.78 Å². The number of carbonyl (C=O) groups excluding carboxylic acids is 2. The average Bonchev–Trinajstić information content (AvgIpc) is 2.63. The van der Waals surface area contributed by atoms with E-state index in [0.717, 1.165) is 0 Å². The van der Waals surface area contributed by atoms with Crippen LogP contribution in [0.4, 0.5) is 5.69 Å². The number of para-hydroxylation sites is 1. The third-order valence-corrected chi connectivity index (χ3v) is 4.11. The Balaban J connectivity index is 2.18. The van der Waals surface area contributed by atoms with Gasteiger partial charge in [-0.2, -0.15) is 0 Å². The Morgan fingerprint density at radius 3 is 2.30 bits per heavy atom. The normalized spacial score (nSPS) is 29.2. The van der Waals surface area contributed by atoms with Gasteiger partial charge in [0.25, 0.3) is 0 Å². The van der Waals surface area contributed by atoms with Crippen LogP contribution in [0.5, 0.6) is 0 Å². The molecule has 1 aromatic carbocycles. The fourth-order valence-electron chi connectivity index (χ4n) is 2.83. The summed E-state index contributed by atoms with van der Waals surface area (Å²) in [5, 5.41) is 2.88. The maximum absolute atomic E-state index is 12.5. The van der Waals surface area contributed by atoms with Crippen LogP contribution in [0, 0.1) is 11.8 Å². The number of anilines is 1. The summed E-state index contributed by atoms with van der Waals surface area (Å²) in [4.78, 5) is 24.0. The second-order valence-electron chi connectivity index (χ2n) is 5.52. The molecule has 1 N–H and O–H groups in total. The summed E-state index contributed by atoms with van der Waals surface area (Å²) in [5.41, 5.74) is 1.11. The molecule has 0 bridgehead atoms. The highest BCUT2D eigenvalue weighted by atomic mass is 16.5. The van der Waals surface area contributed by atoms with E-state index in [0.29, 0.717) is 11.3 Å². The Kier molecular flexibility index (Phi) is 4.23. The van der Waals surface area contributed by atoms with Gasteiger partial charge < -0.3 is 10.1 Å². The van der Waals surface area contributed by atoms with Crippen molar-refractivity contribution in [3.8, 4) is 0 Å². The average molecular weight is 275 g/mol. The Hall–Kier alpha value is -1.68. The van der Waals surface area contributed by atoms with Gasteiger partial charge in [0.1, 0.15) is 0 Å². The number of hydrogen-bond donors (Lipinski definition) is 1. The summed E-state index contributed by atoms with van der Waals surface area (Å²) >= 11 is 0. The molecule has 0 saturated carbocycles. The number of ether oxygens (including phenoxy) is 1. The third kappa shape index (κ3) is 2.75. The molecule has 1 heterocycles. The lowest BCUT2D eigenvalue weighted by Crippen LogP contribution is -2.32. The molecule has 0 spiro atoms. The van der Waals surface area contributed by atoms with E-state index in [2.05, 4.69) is 5.32 Å². The summed E-state index contributed by atoms with van der Waals surface area (Å²) in [5.74, 6) is -0.166. The molecule has 4 nitrogen and oxygen atoms in total. The zero-order chi connectivity index (χ0) is 14.9. The van der Waals surface area contributed by atoms with Crippen LogP contribution >= 0.6 is 0 Å². The van der Waals surface area contributed by atoms with Gasteiger partial charge in [-0.3, -0.25) is 9.59 Å².